The molecule has 0 aliphatic rings. The van der Waals surface area contributed by atoms with Gasteiger partial charge in [-0.25, -0.2) is 4.79 Å². The first-order chi connectivity index (χ1) is 12.0. The zero-order valence-electron chi connectivity index (χ0n) is 16.4. The van der Waals surface area contributed by atoms with Crippen molar-refractivity contribution in [2.75, 3.05) is 6.61 Å². The number of aliphatic carboxylic acids is 2. The van der Waals surface area contributed by atoms with Crippen LogP contribution in [0.15, 0.2) is 0 Å². The van der Waals surface area contributed by atoms with Gasteiger partial charge in [0.15, 0.2) is 5.60 Å². The van der Waals surface area contributed by atoms with E-state index < -0.39 is 23.5 Å². The van der Waals surface area contributed by atoms with Gasteiger partial charge >= 0.3 is 11.9 Å². The summed E-state index contributed by atoms with van der Waals surface area (Å²) in [5.74, 6) is -3.17. The molecule has 5 heteroatoms. The van der Waals surface area contributed by atoms with Crippen molar-refractivity contribution in [3.05, 3.63) is 0 Å². The largest absolute Gasteiger partial charge is 0.481 e. The highest BCUT2D eigenvalue weighted by molar-refractivity contribution is 5.85. The van der Waals surface area contributed by atoms with Gasteiger partial charge in [-0.05, 0) is 25.7 Å². The second kappa shape index (κ2) is 14.1. The Hall–Kier alpha value is -1.10. The lowest BCUT2D eigenvalue weighted by molar-refractivity contribution is -0.186. The summed E-state index contributed by atoms with van der Waals surface area (Å²) in [6, 6.07) is 0. The molecule has 5 nitrogen and oxygen atoms in total. The van der Waals surface area contributed by atoms with Crippen LogP contribution in [0.5, 0.6) is 0 Å². The number of carboxylic acids is 2. The molecule has 0 aromatic rings. The predicted octanol–water partition coefficient (Wildman–Crippen LogP) is 5.27. The summed E-state index contributed by atoms with van der Waals surface area (Å²) in [4.78, 5) is 23.9. The summed E-state index contributed by atoms with van der Waals surface area (Å²) < 4.78 is 5.80. The molecule has 25 heavy (non-hydrogen) atoms. The van der Waals surface area contributed by atoms with E-state index in [1.54, 1.807) is 0 Å². The molecule has 0 radical (unpaired) electrons. The van der Waals surface area contributed by atoms with Crippen LogP contribution in [0.2, 0.25) is 0 Å². The molecule has 0 saturated carbocycles. The van der Waals surface area contributed by atoms with E-state index in [0.717, 1.165) is 44.9 Å². The van der Waals surface area contributed by atoms with Crippen LogP contribution in [0.1, 0.15) is 97.8 Å². The highest BCUT2D eigenvalue weighted by atomic mass is 16.5. The van der Waals surface area contributed by atoms with E-state index >= 15 is 0 Å². The summed E-state index contributed by atoms with van der Waals surface area (Å²) in [7, 11) is 0. The molecule has 0 aromatic carbocycles. The maximum Gasteiger partial charge on any atom is 0.336 e. The van der Waals surface area contributed by atoms with Crippen molar-refractivity contribution >= 4 is 11.9 Å². The first kappa shape index (κ1) is 23.9. The standard InChI is InChI=1S/C20H38O5/c1-4-7-10-11-12-13-15-20(19(23)24,25-16-9-6-3)17(18(21)22)14-8-5-2/h17H,4-16H2,1-3H3,(H,21,22)(H,23,24). The Balaban J connectivity index is 5.12. The number of hydrogen-bond donors (Lipinski definition) is 2. The number of carbonyl (C=O) groups is 2. The van der Waals surface area contributed by atoms with Gasteiger partial charge < -0.3 is 14.9 Å². The Labute approximate surface area is 153 Å². The molecule has 0 aliphatic carbocycles. The third kappa shape index (κ3) is 8.70. The Morgan fingerprint density at radius 1 is 0.840 bits per heavy atom. The van der Waals surface area contributed by atoms with Crippen LogP contribution in [0, 0.1) is 5.92 Å². The van der Waals surface area contributed by atoms with Crippen molar-refractivity contribution < 1.29 is 24.5 Å². The Morgan fingerprint density at radius 3 is 1.92 bits per heavy atom. The summed E-state index contributed by atoms with van der Waals surface area (Å²) in [6.07, 6.45) is 9.96. The zero-order valence-corrected chi connectivity index (χ0v) is 16.4. The summed E-state index contributed by atoms with van der Waals surface area (Å²) in [6.45, 7) is 6.44. The molecular formula is C20H38O5. The Morgan fingerprint density at radius 2 is 1.40 bits per heavy atom. The fraction of sp³-hybridized carbons (Fsp3) is 0.900. The van der Waals surface area contributed by atoms with Gasteiger partial charge in [-0.2, -0.15) is 0 Å². The lowest BCUT2D eigenvalue weighted by Crippen LogP contribution is -2.51. The van der Waals surface area contributed by atoms with Gasteiger partial charge in [0.1, 0.15) is 0 Å². The van der Waals surface area contributed by atoms with Crippen molar-refractivity contribution in [2.45, 2.75) is 103 Å². The summed E-state index contributed by atoms with van der Waals surface area (Å²) in [5, 5.41) is 19.6. The van der Waals surface area contributed by atoms with E-state index in [4.69, 9.17) is 4.74 Å². The minimum Gasteiger partial charge on any atom is -0.481 e. The number of hydrogen-bond acceptors (Lipinski definition) is 3. The van der Waals surface area contributed by atoms with Gasteiger partial charge in [-0.3, -0.25) is 4.79 Å². The monoisotopic (exact) mass is 358 g/mol. The highest BCUT2D eigenvalue weighted by Gasteiger charge is 2.50. The van der Waals surface area contributed by atoms with Crippen molar-refractivity contribution in [2.24, 2.45) is 5.92 Å². The molecule has 0 bridgehead atoms. The van der Waals surface area contributed by atoms with E-state index in [2.05, 4.69) is 6.92 Å². The lowest BCUT2D eigenvalue weighted by atomic mass is 9.79. The predicted molar refractivity (Wildman–Crippen MR) is 99.9 cm³/mol. The second-order valence-corrected chi connectivity index (χ2v) is 6.95. The van der Waals surface area contributed by atoms with Gasteiger partial charge in [-0.15, -0.1) is 0 Å². The molecule has 0 amide bonds. The third-order valence-corrected chi connectivity index (χ3v) is 4.83. The smallest absolute Gasteiger partial charge is 0.336 e. The molecule has 0 fully saturated rings. The average molecular weight is 359 g/mol. The first-order valence-corrected chi connectivity index (χ1v) is 10.1. The van der Waals surface area contributed by atoms with Crippen LogP contribution in [-0.2, 0) is 14.3 Å². The van der Waals surface area contributed by atoms with Crippen molar-refractivity contribution in [3.63, 3.8) is 0 Å². The van der Waals surface area contributed by atoms with Crippen LogP contribution in [0.25, 0.3) is 0 Å². The molecule has 2 atom stereocenters. The maximum atomic E-state index is 12.1. The molecule has 0 aliphatic heterocycles. The minimum absolute atomic E-state index is 0.277. The molecule has 0 rings (SSSR count). The molecular weight excluding hydrogens is 320 g/mol. The maximum absolute atomic E-state index is 12.1. The molecule has 0 heterocycles. The van der Waals surface area contributed by atoms with Gasteiger partial charge in [0.2, 0.25) is 0 Å². The SMILES string of the molecule is CCCCCCCCC(OCCCC)(C(=O)O)C(CCCC)C(=O)O. The van der Waals surface area contributed by atoms with E-state index in [9.17, 15) is 19.8 Å². The van der Waals surface area contributed by atoms with Crippen LogP contribution >= 0.6 is 0 Å². The number of unbranched alkanes of at least 4 members (excludes halogenated alkanes) is 7. The minimum atomic E-state index is -1.60. The number of ether oxygens (including phenoxy) is 1. The average Bonchev–Trinajstić information content (AvgIpc) is 2.57. The topological polar surface area (TPSA) is 83.8 Å². The van der Waals surface area contributed by atoms with E-state index in [-0.39, 0.29) is 6.42 Å². The van der Waals surface area contributed by atoms with Crippen LogP contribution in [0.3, 0.4) is 0 Å². The molecule has 148 valence electrons. The number of carboxylic acid groups (broad SMARTS) is 2. The van der Waals surface area contributed by atoms with Crippen LogP contribution in [0.4, 0.5) is 0 Å². The van der Waals surface area contributed by atoms with Gasteiger partial charge in [0.05, 0.1) is 5.92 Å². The fourth-order valence-electron chi connectivity index (χ4n) is 3.20. The van der Waals surface area contributed by atoms with Crippen LogP contribution in [-0.4, -0.2) is 34.4 Å². The Bertz CT molecular complexity index is 369. The van der Waals surface area contributed by atoms with Gasteiger partial charge in [-0.1, -0.05) is 72.1 Å². The molecule has 2 unspecified atom stereocenters. The van der Waals surface area contributed by atoms with Crippen molar-refractivity contribution in [3.8, 4) is 0 Å². The second-order valence-electron chi connectivity index (χ2n) is 6.95. The molecule has 2 N–H and O–H groups in total. The van der Waals surface area contributed by atoms with Crippen LogP contribution < -0.4 is 0 Å². The number of rotatable bonds is 17. The van der Waals surface area contributed by atoms with Crippen molar-refractivity contribution in [1.82, 2.24) is 0 Å². The Kier molecular flexibility index (Phi) is 13.5. The first-order valence-electron chi connectivity index (χ1n) is 10.1. The molecule has 0 spiro atoms. The highest BCUT2D eigenvalue weighted by Crippen LogP contribution is 2.34. The van der Waals surface area contributed by atoms with E-state index in [0.29, 0.717) is 25.9 Å². The summed E-state index contributed by atoms with van der Waals surface area (Å²) in [5.41, 5.74) is -1.60. The van der Waals surface area contributed by atoms with Gasteiger partial charge in [0, 0.05) is 6.61 Å². The zero-order chi connectivity index (χ0) is 19.1. The van der Waals surface area contributed by atoms with Gasteiger partial charge in [0.25, 0.3) is 0 Å². The lowest BCUT2D eigenvalue weighted by Gasteiger charge is -2.35. The fourth-order valence-corrected chi connectivity index (χ4v) is 3.20. The van der Waals surface area contributed by atoms with E-state index in [1.807, 2.05) is 13.8 Å². The molecule has 0 aromatic heterocycles. The normalized spacial score (nSPS) is 14.8. The third-order valence-electron chi connectivity index (χ3n) is 4.83. The quantitative estimate of drug-likeness (QED) is 0.346. The molecule has 0 saturated heterocycles. The van der Waals surface area contributed by atoms with E-state index in [1.165, 1.54) is 6.42 Å². The summed E-state index contributed by atoms with van der Waals surface area (Å²) >= 11 is 0. The van der Waals surface area contributed by atoms with Crippen molar-refractivity contribution in [1.29, 1.82) is 0 Å².